The summed E-state index contributed by atoms with van der Waals surface area (Å²) in [5.41, 5.74) is -0.224. The number of likely N-dealkylation sites (tertiary alicyclic amines) is 1. The number of hydrogen-bond acceptors (Lipinski definition) is 3. The highest BCUT2D eigenvalue weighted by Gasteiger charge is 2.39. The minimum absolute atomic E-state index is 0.129. The number of amides is 1. The van der Waals surface area contributed by atoms with Crippen molar-refractivity contribution >= 4 is 5.91 Å². The number of aliphatic hydroxyl groups is 1. The number of aliphatic hydroxyl groups excluding tert-OH is 1. The van der Waals surface area contributed by atoms with Gasteiger partial charge in [0.05, 0.1) is 6.10 Å². The largest absolute Gasteiger partial charge is 0.466 e. The molecule has 19 heavy (non-hydrogen) atoms. The highest BCUT2D eigenvalue weighted by atomic mass is 16.3. The van der Waals surface area contributed by atoms with Gasteiger partial charge in [0.25, 0.3) is 0 Å². The Hall–Kier alpha value is -1.29. The molecule has 1 amide bonds. The van der Waals surface area contributed by atoms with Crippen LogP contribution in [0.1, 0.15) is 44.6 Å². The molecule has 0 radical (unpaired) electrons. The van der Waals surface area contributed by atoms with Crippen LogP contribution in [0.5, 0.6) is 0 Å². The van der Waals surface area contributed by atoms with Crippen molar-refractivity contribution in [2.75, 3.05) is 6.54 Å². The van der Waals surface area contributed by atoms with Crippen LogP contribution in [0, 0.1) is 6.92 Å². The lowest BCUT2D eigenvalue weighted by atomic mass is 10.0. The summed E-state index contributed by atoms with van der Waals surface area (Å²) in [5, 5.41) is 9.68. The molecular weight excluding hydrogens is 242 g/mol. The molecule has 1 aromatic heterocycles. The van der Waals surface area contributed by atoms with Crippen molar-refractivity contribution in [3.63, 3.8) is 0 Å². The Kier molecular flexibility index (Phi) is 3.99. The quantitative estimate of drug-likeness (QED) is 0.908. The smallest absolute Gasteiger partial charge is 0.223 e. The average molecular weight is 265 g/mol. The fourth-order valence-corrected chi connectivity index (χ4v) is 2.82. The zero-order valence-electron chi connectivity index (χ0n) is 12.0. The first-order chi connectivity index (χ1) is 8.88. The SMILES string of the molecule is Cc1ccc(CCCC(=O)N2CC(O)CC2(C)C)o1. The van der Waals surface area contributed by atoms with E-state index in [0.29, 0.717) is 19.4 Å². The Bertz CT molecular complexity index is 450. The molecule has 1 unspecified atom stereocenters. The third-order valence-corrected chi connectivity index (χ3v) is 3.77. The zero-order valence-corrected chi connectivity index (χ0v) is 12.0. The number of rotatable bonds is 4. The molecule has 1 aromatic rings. The molecule has 1 fully saturated rings. The van der Waals surface area contributed by atoms with E-state index < -0.39 is 0 Å². The molecule has 0 spiro atoms. The van der Waals surface area contributed by atoms with Crippen LogP contribution in [0.4, 0.5) is 0 Å². The van der Waals surface area contributed by atoms with Crippen LogP contribution in [0.25, 0.3) is 0 Å². The predicted molar refractivity (Wildman–Crippen MR) is 72.8 cm³/mol. The summed E-state index contributed by atoms with van der Waals surface area (Å²) in [4.78, 5) is 14.0. The molecule has 0 aliphatic carbocycles. The third kappa shape index (κ3) is 3.38. The lowest BCUT2D eigenvalue weighted by Gasteiger charge is -2.31. The molecule has 1 saturated heterocycles. The lowest BCUT2D eigenvalue weighted by molar-refractivity contribution is -0.134. The number of nitrogens with zero attached hydrogens (tertiary/aromatic N) is 1. The van der Waals surface area contributed by atoms with Crippen LogP contribution in [0.15, 0.2) is 16.5 Å². The third-order valence-electron chi connectivity index (χ3n) is 3.77. The second kappa shape index (κ2) is 5.37. The molecule has 1 atom stereocenters. The van der Waals surface area contributed by atoms with Crippen molar-refractivity contribution in [3.05, 3.63) is 23.7 Å². The van der Waals surface area contributed by atoms with Gasteiger partial charge in [0.2, 0.25) is 5.91 Å². The molecule has 1 aliphatic rings. The fourth-order valence-electron chi connectivity index (χ4n) is 2.82. The minimum Gasteiger partial charge on any atom is -0.466 e. The molecule has 106 valence electrons. The van der Waals surface area contributed by atoms with Gasteiger partial charge in [0.15, 0.2) is 0 Å². The van der Waals surface area contributed by atoms with Gasteiger partial charge in [-0.25, -0.2) is 0 Å². The monoisotopic (exact) mass is 265 g/mol. The van der Waals surface area contributed by atoms with E-state index in [1.807, 2.05) is 37.8 Å². The van der Waals surface area contributed by atoms with Crippen molar-refractivity contribution in [2.45, 2.75) is 58.1 Å². The van der Waals surface area contributed by atoms with Gasteiger partial charge in [-0.05, 0) is 45.7 Å². The van der Waals surface area contributed by atoms with E-state index in [2.05, 4.69) is 0 Å². The summed E-state index contributed by atoms with van der Waals surface area (Å²) in [7, 11) is 0. The number of carbonyl (C=O) groups is 1. The Labute approximate surface area is 114 Å². The topological polar surface area (TPSA) is 53.7 Å². The minimum atomic E-state index is -0.383. The highest BCUT2D eigenvalue weighted by Crippen LogP contribution is 2.29. The standard InChI is InChI=1S/C15H23NO3/c1-11-7-8-13(19-11)5-4-6-14(18)16-10-12(17)9-15(16,2)3/h7-8,12,17H,4-6,9-10H2,1-3H3. The van der Waals surface area contributed by atoms with E-state index in [4.69, 9.17) is 4.42 Å². The van der Waals surface area contributed by atoms with Crippen LogP contribution in [-0.2, 0) is 11.2 Å². The van der Waals surface area contributed by atoms with Crippen LogP contribution in [0.2, 0.25) is 0 Å². The maximum Gasteiger partial charge on any atom is 0.223 e. The van der Waals surface area contributed by atoms with Crippen molar-refractivity contribution in [1.29, 1.82) is 0 Å². The summed E-state index contributed by atoms with van der Waals surface area (Å²) >= 11 is 0. The van der Waals surface area contributed by atoms with Gasteiger partial charge in [-0.3, -0.25) is 4.79 Å². The van der Waals surface area contributed by atoms with Crippen molar-refractivity contribution in [1.82, 2.24) is 4.90 Å². The molecular formula is C15H23NO3. The molecule has 0 aromatic carbocycles. The Balaban J connectivity index is 1.81. The summed E-state index contributed by atoms with van der Waals surface area (Å²) in [6.45, 7) is 6.41. The number of carbonyl (C=O) groups excluding carboxylic acids is 1. The van der Waals surface area contributed by atoms with Crippen molar-refractivity contribution < 1.29 is 14.3 Å². The van der Waals surface area contributed by atoms with Gasteiger partial charge in [0.1, 0.15) is 11.5 Å². The summed E-state index contributed by atoms with van der Waals surface area (Å²) < 4.78 is 5.48. The molecule has 0 bridgehead atoms. The molecule has 4 heteroatoms. The number of hydrogen-bond donors (Lipinski definition) is 1. The zero-order chi connectivity index (χ0) is 14.0. The van der Waals surface area contributed by atoms with Crippen molar-refractivity contribution in [2.24, 2.45) is 0 Å². The van der Waals surface area contributed by atoms with E-state index in [0.717, 1.165) is 24.4 Å². The van der Waals surface area contributed by atoms with Gasteiger partial charge >= 0.3 is 0 Å². The normalized spacial score (nSPS) is 21.9. The van der Waals surface area contributed by atoms with Crippen LogP contribution >= 0.6 is 0 Å². The fraction of sp³-hybridized carbons (Fsp3) is 0.667. The molecule has 1 N–H and O–H groups in total. The maximum absolute atomic E-state index is 12.2. The van der Waals surface area contributed by atoms with Crippen LogP contribution in [-0.4, -0.2) is 34.1 Å². The van der Waals surface area contributed by atoms with Gasteiger partial charge in [0, 0.05) is 24.9 Å². The number of furan rings is 1. The Morgan fingerprint density at radius 3 is 2.79 bits per heavy atom. The summed E-state index contributed by atoms with van der Waals surface area (Å²) in [5.74, 6) is 1.97. The summed E-state index contributed by atoms with van der Waals surface area (Å²) in [6, 6.07) is 3.90. The first-order valence-corrected chi connectivity index (χ1v) is 6.92. The van der Waals surface area contributed by atoms with E-state index >= 15 is 0 Å². The summed E-state index contributed by atoms with van der Waals surface area (Å²) in [6.07, 6.45) is 2.36. The second-order valence-electron chi connectivity index (χ2n) is 6.04. The molecule has 2 rings (SSSR count). The first-order valence-electron chi connectivity index (χ1n) is 6.92. The van der Waals surface area contributed by atoms with E-state index in [1.54, 1.807) is 0 Å². The molecule has 2 heterocycles. The average Bonchev–Trinajstić information content (AvgIpc) is 2.81. The predicted octanol–water partition coefficient (Wildman–Crippen LogP) is 2.28. The maximum atomic E-state index is 12.2. The van der Waals surface area contributed by atoms with Crippen LogP contribution in [0.3, 0.4) is 0 Å². The highest BCUT2D eigenvalue weighted by molar-refractivity contribution is 5.77. The van der Waals surface area contributed by atoms with Crippen molar-refractivity contribution in [3.8, 4) is 0 Å². The molecule has 0 saturated carbocycles. The van der Waals surface area contributed by atoms with Gasteiger partial charge < -0.3 is 14.4 Å². The number of aryl methyl sites for hydroxylation is 2. The Morgan fingerprint density at radius 1 is 1.53 bits per heavy atom. The van der Waals surface area contributed by atoms with Gasteiger partial charge in [-0.15, -0.1) is 0 Å². The van der Waals surface area contributed by atoms with E-state index in [1.165, 1.54) is 0 Å². The van der Waals surface area contributed by atoms with E-state index in [-0.39, 0.29) is 17.6 Å². The van der Waals surface area contributed by atoms with Gasteiger partial charge in [-0.1, -0.05) is 0 Å². The molecule has 1 aliphatic heterocycles. The van der Waals surface area contributed by atoms with Crippen LogP contribution < -0.4 is 0 Å². The van der Waals surface area contributed by atoms with E-state index in [9.17, 15) is 9.90 Å². The Morgan fingerprint density at radius 2 is 2.26 bits per heavy atom. The lowest BCUT2D eigenvalue weighted by Crippen LogP contribution is -2.42. The second-order valence-corrected chi connectivity index (χ2v) is 6.04. The number of β-amino-alcohol motifs (C(OH)–C–C–N with tert-alkyl or cyclic N) is 1. The first kappa shape index (κ1) is 14.1. The molecule has 4 nitrogen and oxygen atoms in total. The van der Waals surface area contributed by atoms with Gasteiger partial charge in [-0.2, -0.15) is 0 Å².